The second-order valence-electron chi connectivity index (χ2n) is 8.31. The van der Waals surface area contributed by atoms with Crippen LogP contribution in [0.2, 0.25) is 0 Å². The number of nitrogen functional groups attached to an aromatic ring is 1. The van der Waals surface area contributed by atoms with Gasteiger partial charge in [0, 0.05) is 5.56 Å². The van der Waals surface area contributed by atoms with Crippen LogP contribution in [-0.2, 0) is 22.6 Å². The van der Waals surface area contributed by atoms with Crippen LogP contribution in [0.5, 0.6) is 0 Å². The van der Waals surface area contributed by atoms with E-state index in [-0.39, 0.29) is 31.0 Å². The Morgan fingerprint density at radius 1 is 1.00 bits per heavy atom. The lowest BCUT2D eigenvalue weighted by atomic mass is 10.0. The van der Waals surface area contributed by atoms with Crippen molar-refractivity contribution in [1.82, 2.24) is 9.55 Å². The Hall–Kier alpha value is -4.86. The van der Waals surface area contributed by atoms with E-state index in [1.54, 1.807) is 36.4 Å². The van der Waals surface area contributed by atoms with Crippen molar-refractivity contribution in [2.24, 2.45) is 0 Å². The lowest BCUT2D eigenvalue weighted by molar-refractivity contribution is -0.120. The number of ether oxygens (including phenoxy) is 1. The summed E-state index contributed by atoms with van der Waals surface area (Å²) in [5.41, 5.74) is 6.39. The van der Waals surface area contributed by atoms with Crippen LogP contribution in [0.3, 0.4) is 0 Å². The molecule has 0 fully saturated rings. The number of anilines is 2. The van der Waals surface area contributed by atoms with Crippen molar-refractivity contribution in [2.75, 3.05) is 10.6 Å². The predicted octanol–water partition coefficient (Wildman–Crippen LogP) is 2.60. The van der Waals surface area contributed by atoms with Gasteiger partial charge in [0.1, 0.15) is 17.7 Å². The highest BCUT2D eigenvalue weighted by molar-refractivity contribution is 5.98. The molecule has 182 valence electrons. The van der Waals surface area contributed by atoms with Gasteiger partial charge in [-0.1, -0.05) is 48.5 Å². The molecule has 3 N–H and O–H groups in total. The molecule has 0 saturated carbocycles. The zero-order chi connectivity index (χ0) is 25.2. The monoisotopic (exact) mass is 486 g/mol. The molecule has 0 spiro atoms. The van der Waals surface area contributed by atoms with Crippen molar-refractivity contribution >= 4 is 23.4 Å². The maximum Gasteiger partial charge on any atom is 0.339 e. The van der Waals surface area contributed by atoms with Crippen molar-refractivity contribution in [3.8, 4) is 0 Å². The Labute approximate surface area is 204 Å². The molecule has 3 heterocycles. The minimum atomic E-state index is -0.823. The number of furan rings is 1. The highest BCUT2D eigenvalue weighted by Gasteiger charge is 2.35. The van der Waals surface area contributed by atoms with E-state index in [9.17, 15) is 19.2 Å². The number of amides is 1. The summed E-state index contributed by atoms with van der Waals surface area (Å²) in [6, 6.07) is 19.2. The van der Waals surface area contributed by atoms with E-state index >= 15 is 0 Å². The number of carbonyl (C=O) groups excluding carboxylic acids is 2. The van der Waals surface area contributed by atoms with E-state index < -0.39 is 29.2 Å². The van der Waals surface area contributed by atoms with Gasteiger partial charge in [-0.3, -0.25) is 24.0 Å². The number of benzene rings is 2. The summed E-state index contributed by atoms with van der Waals surface area (Å²) < 4.78 is 12.0. The summed E-state index contributed by atoms with van der Waals surface area (Å²) in [5.74, 6) is -0.833. The molecule has 10 heteroatoms. The summed E-state index contributed by atoms with van der Waals surface area (Å²) in [6.45, 7) is -0.0311. The standard InChI is InChI=1S/C26H22N4O6/c27-23-22(24(32)28-26(34)30(23)14-16-7-2-1-3-8-16)29(15-17-9-6-12-35-17)21(31)13-20-18-10-4-5-11-19(18)25(33)36-20/h1-12,20H,13-15,27H2,(H,28,32,34). The van der Waals surface area contributed by atoms with Crippen molar-refractivity contribution in [1.29, 1.82) is 0 Å². The first-order valence-electron chi connectivity index (χ1n) is 11.2. The minimum Gasteiger partial charge on any atom is -0.467 e. The Morgan fingerprint density at radius 3 is 2.50 bits per heavy atom. The van der Waals surface area contributed by atoms with Gasteiger partial charge in [-0.05, 0) is 23.8 Å². The average Bonchev–Trinajstić information content (AvgIpc) is 3.50. The first-order chi connectivity index (χ1) is 17.4. The molecule has 0 aliphatic carbocycles. The molecule has 1 amide bonds. The fourth-order valence-corrected chi connectivity index (χ4v) is 4.25. The summed E-state index contributed by atoms with van der Waals surface area (Å²) in [4.78, 5) is 54.9. The Morgan fingerprint density at radius 2 is 1.75 bits per heavy atom. The second kappa shape index (κ2) is 9.41. The topological polar surface area (TPSA) is 141 Å². The third-order valence-electron chi connectivity index (χ3n) is 6.00. The van der Waals surface area contributed by atoms with Crippen LogP contribution in [0, 0.1) is 0 Å². The fraction of sp³-hybridized carbons (Fsp3) is 0.154. The fourth-order valence-electron chi connectivity index (χ4n) is 4.25. The zero-order valence-corrected chi connectivity index (χ0v) is 19.0. The number of cyclic esters (lactones) is 1. The van der Waals surface area contributed by atoms with E-state index in [0.717, 1.165) is 10.5 Å². The molecular formula is C26H22N4O6. The number of esters is 1. The van der Waals surface area contributed by atoms with Crippen LogP contribution in [-0.4, -0.2) is 21.4 Å². The van der Waals surface area contributed by atoms with Crippen LogP contribution in [0.4, 0.5) is 11.5 Å². The Kier molecular flexibility index (Phi) is 5.99. The van der Waals surface area contributed by atoms with Gasteiger partial charge < -0.3 is 14.9 Å². The molecule has 0 bridgehead atoms. The number of aromatic nitrogens is 2. The number of fused-ring (bicyclic) bond motifs is 1. The molecule has 10 nitrogen and oxygen atoms in total. The molecule has 5 rings (SSSR count). The van der Waals surface area contributed by atoms with Crippen LogP contribution in [0.15, 0.2) is 87.0 Å². The van der Waals surface area contributed by atoms with Gasteiger partial charge in [-0.25, -0.2) is 9.59 Å². The Bertz CT molecular complexity index is 1540. The molecule has 2 aromatic carbocycles. The quantitative estimate of drug-likeness (QED) is 0.383. The van der Waals surface area contributed by atoms with Gasteiger partial charge in [0.05, 0.1) is 31.3 Å². The van der Waals surface area contributed by atoms with Crippen LogP contribution in [0.25, 0.3) is 0 Å². The van der Waals surface area contributed by atoms with Gasteiger partial charge in [0.15, 0.2) is 5.69 Å². The van der Waals surface area contributed by atoms with E-state index in [1.807, 2.05) is 30.3 Å². The smallest absolute Gasteiger partial charge is 0.339 e. The van der Waals surface area contributed by atoms with Gasteiger partial charge in [0.2, 0.25) is 5.91 Å². The molecule has 0 radical (unpaired) electrons. The number of hydrogen-bond acceptors (Lipinski definition) is 7. The normalized spacial score (nSPS) is 14.3. The number of rotatable bonds is 7. The molecule has 1 aliphatic heterocycles. The molecular weight excluding hydrogens is 464 g/mol. The predicted molar refractivity (Wildman–Crippen MR) is 130 cm³/mol. The van der Waals surface area contributed by atoms with Crippen LogP contribution >= 0.6 is 0 Å². The number of carbonyl (C=O) groups is 2. The molecule has 4 aromatic rings. The number of aromatic amines is 1. The lowest BCUT2D eigenvalue weighted by Gasteiger charge is -2.25. The van der Waals surface area contributed by atoms with Crippen LogP contribution < -0.4 is 21.9 Å². The summed E-state index contributed by atoms with van der Waals surface area (Å²) in [6.07, 6.45) is 0.382. The largest absolute Gasteiger partial charge is 0.467 e. The summed E-state index contributed by atoms with van der Waals surface area (Å²) >= 11 is 0. The number of H-pyrrole nitrogens is 1. The third-order valence-corrected chi connectivity index (χ3v) is 6.00. The third kappa shape index (κ3) is 4.31. The Balaban J connectivity index is 1.54. The van der Waals surface area contributed by atoms with Crippen molar-refractivity contribution in [2.45, 2.75) is 25.6 Å². The number of hydrogen-bond donors (Lipinski definition) is 2. The highest BCUT2D eigenvalue weighted by Crippen LogP contribution is 2.34. The number of nitrogens with zero attached hydrogens (tertiary/aromatic N) is 2. The molecule has 1 unspecified atom stereocenters. The minimum absolute atomic E-state index is 0.0890. The van der Waals surface area contributed by atoms with Gasteiger partial charge in [-0.15, -0.1) is 0 Å². The van der Waals surface area contributed by atoms with Gasteiger partial charge >= 0.3 is 11.7 Å². The molecule has 36 heavy (non-hydrogen) atoms. The summed E-state index contributed by atoms with van der Waals surface area (Å²) in [7, 11) is 0. The van der Waals surface area contributed by atoms with Crippen molar-refractivity contribution in [3.05, 3.63) is 116 Å². The van der Waals surface area contributed by atoms with E-state index in [1.165, 1.54) is 10.8 Å². The molecule has 1 aliphatic rings. The molecule has 0 saturated heterocycles. The second-order valence-corrected chi connectivity index (χ2v) is 8.31. The maximum atomic E-state index is 13.6. The van der Waals surface area contributed by atoms with Crippen molar-refractivity contribution in [3.63, 3.8) is 0 Å². The van der Waals surface area contributed by atoms with E-state index in [2.05, 4.69) is 4.98 Å². The first kappa shape index (κ1) is 22.9. The number of nitrogens with two attached hydrogens (primary N) is 1. The maximum absolute atomic E-state index is 13.6. The zero-order valence-electron chi connectivity index (χ0n) is 19.0. The van der Waals surface area contributed by atoms with Crippen LogP contribution in [0.1, 0.15) is 39.8 Å². The lowest BCUT2D eigenvalue weighted by Crippen LogP contribution is -2.41. The summed E-state index contributed by atoms with van der Waals surface area (Å²) in [5, 5.41) is 0. The molecule has 1 atom stereocenters. The van der Waals surface area contributed by atoms with Crippen molar-refractivity contribution < 1.29 is 18.7 Å². The van der Waals surface area contributed by atoms with E-state index in [4.69, 9.17) is 14.9 Å². The number of nitrogens with one attached hydrogen (secondary N) is 1. The highest BCUT2D eigenvalue weighted by atomic mass is 16.5. The van der Waals surface area contributed by atoms with Gasteiger partial charge in [0.25, 0.3) is 5.56 Å². The average molecular weight is 486 g/mol. The molecule has 2 aromatic heterocycles. The first-order valence-corrected chi connectivity index (χ1v) is 11.2. The van der Waals surface area contributed by atoms with Gasteiger partial charge in [-0.2, -0.15) is 0 Å². The van der Waals surface area contributed by atoms with E-state index in [0.29, 0.717) is 16.9 Å². The SMILES string of the molecule is Nc1c(N(Cc2ccco2)C(=O)CC2OC(=O)c3ccccc32)c(=O)[nH]c(=O)n1Cc1ccccc1.